The number of hydrogen-bond acceptors (Lipinski definition) is 8. The molecule has 3 aliphatic heterocycles. The number of ether oxygens (including phenoxy) is 1. The number of rotatable bonds is 14. The molecule has 5 N–H and O–H groups in total. The molecular formula is C55H67Cl2N9O6. The number of amides is 4. The molecule has 0 radical (unpaired) electrons. The lowest BCUT2D eigenvalue weighted by atomic mass is 9.84. The molecule has 382 valence electrons. The Kier molecular flexibility index (Phi) is 15.5. The number of carbonyl (C=O) groups is 4. The van der Waals surface area contributed by atoms with Gasteiger partial charge in [-0.2, -0.15) is 0 Å². The van der Waals surface area contributed by atoms with Crippen molar-refractivity contribution < 1.29 is 29.0 Å². The second-order valence-electron chi connectivity index (χ2n) is 20.7. The van der Waals surface area contributed by atoms with E-state index in [4.69, 9.17) is 37.9 Å². The largest absolute Gasteiger partial charge is 0.465 e. The van der Waals surface area contributed by atoms with Crippen LogP contribution < -0.4 is 15.5 Å². The number of benzene rings is 3. The van der Waals surface area contributed by atoms with Gasteiger partial charge in [-0.15, -0.1) is 0 Å². The molecule has 4 aliphatic rings. The van der Waals surface area contributed by atoms with Crippen molar-refractivity contribution in [1.82, 2.24) is 40.4 Å². The maximum absolute atomic E-state index is 13.8. The van der Waals surface area contributed by atoms with Crippen molar-refractivity contribution in [3.05, 3.63) is 111 Å². The number of H-pyrrole nitrogens is 2. The summed E-state index contributed by atoms with van der Waals surface area (Å²) >= 11 is 13.7. The molecule has 0 spiro atoms. The number of anilines is 1. The van der Waals surface area contributed by atoms with E-state index in [0.717, 1.165) is 43.2 Å². The predicted molar refractivity (Wildman–Crippen MR) is 279 cm³/mol. The molecule has 4 fully saturated rings. The number of nitrogens with one attached hydrogen (secondary N) is 4. The zero-order chi connectivity index (χ0) is 50.8. The Morgan fingerprint density at radius 3 is 1.47 bits per heavy atom. The van der Waals surface area contributed by atoms with Crippen molar-refractivity contribution in [3.63, 3.8) is 0 Å². The maximum atomic E-state index is 13.8. The van der Waals surface area contributed by atoms with E-state index < -0.39 is 24.3 Å². The van der Waals surface area contributed by atoms with E-state index in [0.29, 0.717) is 58.8 Å². The number of carbonyl (C=O) groups excluding carboxylic acids is 3. The Morgan fingerprint density at radius 1 is 0.597 bits per heavy atom. The molecular weight excluding hydrogens is 954 g/mol. The van der Waals surface area contributed by atoms with E-state index in [-0.39, 0.29) is 47.8 Å². The minimum Gasteiger partial charge on any atom is -0.465 e. The number of aromatic amines is 2. The number of hydrogen-bond donors (Lipinski definition) is 5. The molecule has 0 unspecified atom stereocenters. The number of halogens is 2. The van der Waals surface area contributed by atoms with Gasteiger partial charge in [0, 0.05) is 29.9 Å². The van der Waals surface area contributed by atoms with Crippen LogP contribution in [0.5, 0.6) is 0 Å². The predicted octanol–water partition coefficient (Wildman–Crippen LogP) is 11.9. The van der Waals surface area contributed by atoms with Gasteiger partial charge in [0.05, 0.1) is 42.7 Å². The third kappa shape index (κ3) is 10.6. The lowest BCUT2D eigenvalue weighted by Crippen LogP contribution is -2.51. The van der Waals surface area contributed by atoms with Gasteiger partial charge in [-0.25, -0.2) is 19.6 Å². The SMILES string of the molecule is COC(=O)N[C@H](C(=O)N1CCC[C@H]1c1nc(Cl)c(-c2ccc([C@H]3CC[C@H](c4ccc(-c5[nH]c([C@@H]6CCCN6C(=O)[C@@H](NC(=O)O)C(C)C)nc5Cl)cc4)N3c3ccc(C4CCCCC4)cc3)cc2)[nH]1)C(C)C. The van der Waals surface area contributed by atoms with Gasteiger partial charge in [-0.1, -0.05) is 131 Å². The third-order valence-electron chi connectivity index (χ3n) is 15.5. The van der Waals surface area contributed by atoms with E-state index >= 15 is 0 Å². The Balaban J connectivity index is 0.957. The van der Waals surface area contributed by atoms with Crippen LogP contribution in [0.25, 0.3) is 22.5 Å². The highest BCUT2D eigenvalue weighted by atomic mass is 35.5. The second-order valence-corrected chi connectivity index (χ2v) is 21.4. The van der Waals surface area contributed by atoms with Crippen molar-refractivity contribution in [1.29, 1.82) is 0 Å². The first-order valence-electron chi connectivity index (χ1n) is 25.7. The smallest absolute Gasteiger partial charge is 0.407 e. The first-order valence-corrected chi connectivity index (χ1v) is 26.5. The molecule has 17 heteroatoms. The van der Waals surface area contributed by atoms with Crippen molar-refractivity contribution in [2.75, 3.05) is 25.1 Å². The minimum absolute atomic E-state index is 0.0863. The number of carboxylic acid groups (broad SMARTS) is 1. The molecule has 6 atom stereocenters. The van der Waals surface area contributed by atoms with Gasteiger partial charge in [0.15, 0.2) is 10.3 Å². The monoisotopic (exact) mass is 1020 g/mol. The van der Waals surface area contributed by atoms with E-state index in [1.807, 2.05) is 27.7 Å². The van der Waals surface area contributed by atoms with Crippen LogP contribution in [0, 0.1) is 11.8 Å². The molecule has 3 aromatic carbocycles. The molecule has 0 bridgehead atoms. The third-order valence-corrected chi connectivity index (χ3v) is 16.0. The average molecular weight is 1020 g/mol. The number of aromatic nitrogens is 4. The first kappa shape index (κ1) is 50.9. The second kappa shape index (κ2) is 22.0. The fourth-order valence-corrected chi connectivity index (χ4v) is 12.2. The summed E-state index contributed by atoms with van der Waals surface area (Å²) in [6.07, 6.45) is 9.32. The molecule has 15 nitrogen and oxygen atoms in total. The van der Waals surface area contributed by atoms with Crippen molar-refractivity contribution in [2.45, 2.75) is 140 Å². The van der Waals surface area contributed by atoms with Gasteiger partial charge in [0.1, 0.15) is 23.7 Å². The van der Waals surface area contributed by atoms with Crippen LogP contribution in [0.3, 0.4) is 0 Å². The topological polar surface area (TPSA) is 189 Å². The highest BCUT2D eigenvalue weighted by Gasteiger charge is 2.40. The Bertz CT molecular complexity index is 2720. The number of alkyl carbamates (subject to hydrolysis) is 1. The summed E-state index contributed by atoms with van der Waals surface area (Å²) in [7, 11) is 1.29. The molecule has 4 amide bonds. The summed E-state index contributed by atoms with van der Waals surface area (Å²) < 4.78 is 4.81. The van der Waals surface area contributed by atoms with Gasteiger partial charge >= 0.3 is 12.2 Å². The maximum Gasteiger partial charge on any atom is 0.407 e. The molecule has 5 aromatic rings. The lowest BCUT2D eigenvalue weighted by molar-refractivity contribution is -0.136. The zero-order valence-electron chi connectivity index (χ0n) is 41.8. The highest BCUT2D eigenvalue weighted by Crippen LogP contribution is 2.48. The fourth-order valence-electron chi connectivity index (χ4n) is 11.7. The lowest BCUT2D eigenvalue weighted by Gasteiger charge is -2.34. The van der Waals surface area contributed by atoms with Gasteiger partial charge in [-0.3, -0.25) is 9.59 Å². The molecule has 2 aromatic heterocycles. The van der Waals surface area contributed by atoms with Crippen molar-refractivity contribution in [3.8, 4) is 22.5 Å². The summed E-state index contributed by atoms with van der Waals surface area (Å²) in [6, 6.07) is 24.3. The Labute approximate surface area is 431 Å². The molecule has 72 heavy (non-hydrogen) atoms. The normalized spacial score (nSPS) is 21.4. The first-order chi connectivity index (χ1) is 34.7. The van der Waals surface area contributed by atoms with E-state index in [9.17, 15) is 24.3 Å². The summed E-state index contributed by atoms with van der Waals surface area (Å²) in [5.74, 6) is 0.995. The van der Waals surface area contributed by atoms with E-state index in [2.05, 4.69) is 98.3 Å². The van der Waals surface area contributed by atoms with Crippen LogP contribution in [0.1, 0.15) is 157 Å². The standard InChI is InChI=1S/C55H67Cl2N9O6/c1-31(2)44(60-54(69)70)52(67)64-29-9-13-42(64)50-58-46(48(56)62-50)37-19-15-35(16-20-37)40-27-28-41(66(40)39-25-23-34(24-26-39)33-11-7-6-8-12-33)36-17-21-38(22-18-36)47-49(57)63-51(59-47)43-14-10-30-65(43)53(68)45(32(3)4)61-55(71)72-5/h15-26,31-33,40-45,60H,6-14,27-30H2,1-5H3,(H,58,62)(H,59,63)(H,61,71)(H,69,70)/t40-,41-,42+,43+,44+,45+/m1/s1. The van der Waals surface area contributed by atoms with Gasteiger partial charge in [-0.05, 0) is 97.9 Å². The number of methoxy groups -OCH3 is 1. The van der Waals surface area contributed by atoms with Crippen molar-refractivity contribution >= 4 is 52.9 Å². The van der Waals surface area contributed by atoms with Crippen LogP contribution in [0.2, 0.25) is 10.3 Å². The van der Waals surface area contributed by atoms with Crippen LogP contribution in [-0.4, -0.2) is 91.1 Å². The summed E-state index contributed by atoms with van der Waals surface area (Å²) in [4.78, 5) is 73.6. The van der Waals surface area contributed by atoms with Gasteiger partial charge in [0.2, 0.25) is 11.8 Å². The fraction of sp³-hybridized carbons (Fsp3) is 0.491. The highest BCUT2D eigenvalue weighted by molar-refractivity contribution is 6.32. The molecule has 3 saturated heterocycles. The average Bonchev–Trinajstić information content (AvgIpc) is 4.25. The Morgan fingerprint density at radius 2 is 1.04 bits per heavy atom. The van der Waals surface area contributed by atoms with Crippen LogP contribution in [0.15, 0.2) is 72.8 Å². The zero-order valence-corrected chi connectivity index (χ0v) is 43.3. The minimum atomic E-state index is -1.23. The van der Waals surface area contributed by atoms with Crippen molar-refractivity contribution in [2.24, 2.45) is 11.8 Å². The van der Waals surface area contributed by atoms with Crippen LogP contribution in [-0.2, 0) is 14.3 Å². The summed E-state index contributed by atoms with van der Waals surface area (Å²) in [5.41, 5.74) is 8.08. The molecule has 1 saturated carbocycles. The van der Waals surface area contributed by atoms with Crippen LogP contribution in [0.4, 0.5) is 15.3 Å². The number of imidazole rings is 2. The van der Waals surface area contributed by atoms with Gasteiger partial charge < -0.3 is 45.1 Å². The molecule has 1 aliphatic carbocycles. The molecule has 9 rings (SSSR count). The quantitative estimate of drug-likeness (QED) is 0.0721. The van der Waals surface area contributed by atoms with Crippen LogP contribution >= 0.6 is 23.2 Å². The summed E-state index contributed by atoms with van der Waals surface area (Å²) in [6.45, 7) is 8.51. The number of likely N-dealkylation sites (tertiary alicyclic amines) is 2. The van der Waals surface area contributed by atoms with E-state index in [1.54, 1.807) is 9.80 Å². The van der Waals surface area contributed by atoms with E-state index in [1.165, 1.54) is 61.6 Å². The number of nitrogens with zero attached hydrogens (tertiary/aromatic N) is 5. The Hall–Kier alpha value is -6.06. The van der Waals surface area contributed by atoms with Gasteiger partial charge in [0.25, 0.3) is 0 Å². The summed E-state index contributed by atoms with van der Waals surface area (Å²) in [5, 5.41) is 15.2. The molecule has 5 heterocycles.